The van der Waals surface area contributed by atoms with Gasteiger partial charge in [0.2, 0.25) is 0 Å². The van der Waals surface area contributed by atoms with Gasteiger partial charge in [0.1, 0.15) is 11.5 Å². The summed E-state index contributed by atoms with van der Waals surface area (Å²) >= 11 is 0. The van der Waals surface area contributed by atoms with Gasteiger partial charge in [0.25, 0.3) is 0 Å². The molecule has 122 valence electrons. The standard InChI is InChI=1S/C18H15FN2O3/c19-13-3-1-12(2-4-13)17-18-14(5-6-20-17)15(22)11-16(24-18)21-7-9-23-10-8-21/h1-6,11H,7-10H2. The minimum Gasteiger partial charge on any atom is -0.438 e. The molecule has 1 aliphatic heterocycles. The Morgan fingerprint density at radius 3 is 2.58 bits per heavy atom. The summed E-state index contributed by atoms with van der Waals surface area (Å²) in [7, 11) is 0. The Morgan fingerprint density at radius 2 is 1.83 bits per heavy atom. The third-order valence-electron chi connectivity index (χ3n) is 4.07. The molecule has 0 N–H and O–H groups in total. The first kappa shape index (κ1) is 14.8. The molecule has 1 aromatic carbocycles. The average molecular weight is 326 g/mol. The maximum atomic E-state index is 13.2. The summed E-state index contributed by atoms with van der Waals surface area (Å²) in [6.07, 6.45) is 1.56. The highest BCUT2D eigenvalue weighted by Gasteiger charge is 2.17. The Kier molecular flexibility index (Phi) is 3.74. The smallest absolute Gasteiger partial charge is 0.200 e. The van der Waals surface area contributed by atoms with Crippen LogP contribution in [0.1, 0.15) is 0 Å². The molecule has 0 unspecified atom stereocenters. The summed E-state index contributed by atoms with van der Waals surface area (Å²) < 4.78 is 24.5. The zero-order chi connectivity index (χ0) is 16.5. The maximum Gasteiger partial charge on any atom is 0.200 e. The zero-order valence-electron chi connectivity index (χ0n) is 12.9. The Labute approximate surface area is 137 Å². The Balaban J connectivity index is 1.89. The van der Waals surface area contributed by atoms with Gasteiger partial charge in [0.05, 0.1) is 18.6 Å². The van der Waals surface area contributed by atoms with E-state index in [1.165, 1.54) is 18.2 Å². The predicted molar refractivity (Wildman–Crippen MR) is 88.7 cm³/mol. The van der Waals surface area contributed by atoms with Gasteiger partial charge < -0.3 is 14.1 Å². The largest absolute Gasteiger partial charge is 0.438 e. The summed E-state index contributed by atoms with van der Waals surface area (Å²) in [5, 5.41) is 0.460. The molecule has 1 fully saturated rings. The van der Waals surface area contributed by atoms with Crippen molar-refractivity contribution in [2.45, 2.75) is 0 Å². The number of nitrogens with zero attached hydrogens (tertiary/aromatic N) is 2. The van der Waals surface area contributed by atoms with Crippen LogP contribution in [-0.2, 0) is 4.74 Å². The fourth-order valence-electron chi connectivity index (χ4n) is 2.82. The summed E-state index contributed by atoms with van der Waals surface area (Å²) in [6, 6.07) is 9.11. The van der Waals surface area contributed by atoms with Gasteiger partial charge in [-0.3, -0.25) is 9.78 Å². The molecule has 0 bridgehead atoms. The van der Waals surface area contributed by atoms with Crippen molar-refractivity contribution in [2.75, 3.05) is 31.2 Å². The number of rotatable bonds is 2. The van der Waals surface area contributed by atoms with E-state index in [1.807, 2.05) is 4.90 Å². The zero-order valence-corrected chi connectivity index (χ0v) is 12.9. The number of halogens is 1. The summed E-state index contributed by atoms with van der Waals surface area (Å²) in [6.45, 7) is 2.53. The third kappa shape index (κ3) is 2.65. The van der Waals surface area contributed by atoms with Crippen molar-refractivity contribution in [1.82, 2.24) is 4.98 Å². The Hall–Kier alpha value is -2.73. The number of morpholine rings is 1. The van der Waals surface area contributed by atoms with Gasteiger partial charge in [0.15, 0.2) is 16.9 Å². The molecular weight excluding hydrogens is 311 g/mol. The number of ether oxygens (including phenoxy) is 1. The number of aromatic nitrogens is 1. The number of benzene rings is 1. The summed E-state index contributed by atoms with van der Waals surface area (Å²) in [4.78, 5) is 18.8. The molecule has 0 spiro atoms. The van der Waals surface area contributed by atoms with Crippen molar-refractivity contribution in [1.29, 1.82) is 0 Å². The second kappa shape index (κ2) is 6.05. The molecule has 24 heavy (non-hydrogen) atoms. The number of pyridine rings is 1. The normalized spacial score (nSPS) is 15.0. The second-order valence-corrected chi connectivity index (χ2v) is 5.59. The quantitative estimate of drug-likeness (QED) is 0.725. The van der Waals surface area contributed by atoms with Crippen molar-refractivity contribution in [3.8, 4) is 11.3 Å². The van der Waals surface area contributed by atoms with Crippen LogP contribution in [0.4, 0.5) is 10.3 Å². The van der Waals surface area contributed by atoms with Gasteiger partial charge in [0, 0.05) is 30.9 Å². The van der Waals surface area contributed by atoms with E-state index >= 15 is 0 Å². The monoisotopic (exact) mass is 326 g/mol. The van der Waals surface area contributed by atoms with E-state index in [0.717, 1.165) is 0 Å². The van der Waals surface area contributed by atoms with Crippen LogP contribution in [0.25, 0.3) is 22.2 Å². The lowest BCUT2D eigenvalue weighted by Crippen LogP contribution is -2.36. The van der Waals surface area contributed by atoms with E-state index in [9.17, 15) is 9.18 Å². The number of fused-ring (bicyclic) bond motifs is 1. The van der Waals surface area contributed by atoms with Crippen LogP contribution in [0.15, 0.2) is 51.8 Å². The lowest BCUT2D eigenvalue weighted by atomic mass is 10.1. The highest BCUT2D eigenvalue weighted by atomic mass is 19.1. The molecule has 0 amide bonds. The second-order valence-electron chi connectivity index (χ2n) is 5.59. The van der Waals surface area contributed by atoms with Crippen LogP contribution < -0.4 is 10.3 Å². The van der Waals surface area contributed by atoms with Crippen LogP contribution in [0.3, 0.4) is 0 Å². The molecule has 3 aromatic rings. The van der Waals surface area contributed by atoms with Crippen LogP contribution in [0, 0.1) is 5.82 Å². The van der Waals surface area contributed by atoms with Crippen LogP contribution >= 0.6 is 0 Å². The average Bonchev–Trinajstić information content (AvgIpc) is 2.63. The molecule has 5 nitrogen and oxygen atoms in total. The number of anilines is 1. The number of hydrogen-bond acceptors (Lipinski definition) is 5. The Morgan fingerprint density at radius 1 is 1.08 bits per heavy atom. The van der Waals surface area contributed by atoms with E-state index in [1.54, 1.807) is 24.4 Å². The van der Waals surface area contributed by atoms with Gasteiger partial charge in [-0.05, 0) is 30.3 Å². The highest BCUT2D eigenvalue weighted by Crippen LogP contribution is 2.28. The van der Waals surface area contributed by atoms with Gasteiger partial charge >= 0.3 is 0 Å². The molecule has 0 aliphatic carbocycles. The molecule has 3 heterocycles. The van der Waals surface area contributed by atoms with E-state index < -0.39 is 0 Å². The highest BCUT2D eigenvalue weighted by molar-refractivity contribution is 5.90. The first-order valence-electron chi connectivity index (χ1n) is 7.74. The van der Waals surface area contributed by atoms with Crippen molar-refractivity contribution < 1.29 is 13.5 Å². The summed E-state index contributed by atoms with van der Waals surface area (Å²) in [5.41, 5.74) is 1.52. The van der Waals surface area contributed by atoms with E-state index in [4.69, 9.17) is 9.15 Å². The Bertz CT molecular complexity index is 931. The fraction of sp³-hybridized carbons (Fsp3) is 0.222. The van der Waals surface area contributed by atoms with Gasteiger partial charge in [-0.15, -0.1) is 0 Å². The minimum absolute atomic E-state index is 0.122. The predicted octanol–water partition coefficient (Wildman–Crippen LogP) is 2.83. The van der Waals surface area contributed by atoms with Crippen LogP contribution in [-0.4, -0.2) is 31.3 Å². The van der Waals surface area contributed by atoms with Gasteiger partial charge in [-0.2, -0.15) is 0 Å². The van der Waals surface area contributed by atoms with Crippen LogP contribution in [0.5, 0.6) is 0 Å². The van der Waals surface area contributed by atoms with E-state index in [0.29, 0.717) is 54.4 Å². The lowest BCUT2D eigenvalue weighted by molar-refractivity contribution is 0.121. The third-order valence-corrected chi connectivity index (χ3v) is 4.07. The molecule has 1 saturated heterocycles. The molecule has 2 aromatic heterocycles. The van der Waals surface area contributed by atoms with Gasteiger partial charge in [-0.25, -0.2) is 4.39 Å². The topological polar surface area (TPSA) is 55.6 Å². The van der Waals surface area contributed by atoms with Crippen molar-refractivity contribution in [2.24, 2.45) is 0 Å². The SMILES string of the molecule is O=c1cc(N2CCOCC2)oc2c(-c3ccc(F)cc3)nccc12. The van der Waals surface area contributed by atoms with E-state index in [2.05, 4.69) is 4.98 Å². The number of hydrogen-bond donors (Lipinski definition) is 0. The molecular formula is C18H15FN2O3. The maximum absolute atomic E-state index is 13.2. The van der Waals surface area contributed by atoms with Crippen molar-refractivity contribution >= 4 is 16.9 Å². The van der Waals surface area contributed by atoms with Crippen LogP contribution in [0.2, 0.25) is 0 Å². The molecule has 0 saturated carbocycles. The molecule has 4 rings (SSSR count). The lowest BCUT2D eigenvalue weighted by Gasteiger charge is -2.27. The molecule has 6 heteroatoms. The first-order valence-corrected chi connectivity index (χ1v) is 7.74. The van der Waals surface area contributed by atoms with E-state index in [-0.39, 0.29) is 11.2 Å². The van der Waals surface area contributed by atoms with Crippen molar-refractivity contribution in [3.05, 3.63) is 58.6 Å². The van der Waals surface area contributed by atoms with Gasteiger partial charge in [-0.1, -0.05) is 0 Å². The summed E-state index contributed by atoms with van der Waals surface area (Å²) in [5.74, 6) is 0.182. The van der Waals surface area contributed by atoms with Crippen molar-refractivity contribution in [3.63, 3.8) is 0 Å². The first-order chi connectivity index (χ1) is 11.7. The minimum atomic E-state index is -0.325. The molecule has 0 radical (unpaired) electrons. The molecule has 0 atom stereocenters. The fourth-order valence-corrected chi connectivity index (χ4v) is 2.82. The molecule has 1 aliphatic rings.